The number of hydrogen-bond donors (Lipinski definition) is 1. The lowest BCUT2D eigenvalue weighted by Crippen LogP contribution is -2.36. The van der Waals surface area contributed by atoms with Crippen molar-refractivity contribution in [3.8, 4) is 12.3 Å². The fourth-order valence-electron chi connectivity index (χ4n) is 1.30. The van der Waals surface area contributed by atoms with E-state index in [0.29, 0.717) is 12.1 Å². The van der Waals surface area contributed by atoms with E-state index in [1.54, 1.807) is 0 Å². The monoisotopic (exact) mass is 153 g/mol. The van der Waals surface area contributed by atoms with E-state index in [2.05, 4.69) is 18.2 Å². The molecule has 1 rings (SSSR count). The Hall–Kier alpha value is -0.520. The van der Waals surface area contributed by atoms with E-state index < -0.39 is 0 Å². The minimum atomic E-state index is 0.423. The summed E-state index contributed by atoms with van der Waals surface area (Å²) >= 11 is 0. The van der Waals surface area contributed by atoms with Gasteiger partial charge in [-0.15, -0.1) is 12.3 Å². The second-order valence-corrected chi connectivity index (χ2v) is 3.04. The van der Waals surface area contributed by atoms with Gasteiger partial charge in [-0.25, -0.2) is 0 Å². The molecular weight excluding hydrogens is 138 g/mol. The highest BCUT2D eigenvalue weighted by Crippen LogP contribution is 2.04. The summed E-state index contributed by atoms with van der Waals surface area (Å²) in [5.41, 5.74) is 0. The van der Waals surface area contributed by atoms with E-state index in [1.165, 1.54) is 0 Å². The summed E-state index contributed by atoms with van der Waals surface area (Å²) in [5, 5.41) is 3.41. The van der Waals surface area contributed by atoms with Crippen molar-refractivity contribution in [3.63, 3.8) is 0 Å². The third-order valence-corrected chi connectivity index (χ3v) is 1.87. The van der Waals surface area contributed by atoms with Gasteiger partial charge >= 0.3 is 0 Å². The first-order chi connectivity index (χ1) is 5.33. The van der Waals surface area contributed by atoms with Crippen LogP contribution in [0.5, 0.6) is 0 Å². The summed E-state index contributed by atoms with van der Waals surface area (Å²) in [6.07, 6.45) is 7.10. The molecule has 0 aromatic carbocycles. The lowest BCUT2D eigenvalue weighted by Gasteiger charge is -2.15. The molecule has 0 bridgehead atoms. The van der Waals surface area contributed by atoms with Crippen LogP contribution in [0.1, 0.15) is 19.8 Å². The number of terminal acetylenes is 1. The second-order valence-electron chi connectivity index (χ2n) is 3.04. The number of ether oxygens (including phenoxy) is 1. The Morgan fingerprint density at radius 2 is 2.64 bits per heavy atom. The fourth-order valence-corrected chi connectivity index (χ4v) is 1.30. The largest absolute Gasteiger partial charge is 0.380 e. The van der Waals surface area contributed by atoms with Crippen molar-refractivity contribution in [2.24, 2.45) is 0 Å². The standard InChI is InChI=1S/C9H15NO/c1-3-4-8(2)10-9-5-6-11-7-9/h1,8-10H,4-7H2,2H3. The molecule has 0 radical (unpaired) electrons. The van der Waals surface area contributed by atoms with E-state index in [-0.39, 0.29) is 0 Å². The number of hydrogen-bond acceptors (Lipinski definition) is 2. The Kier molecular flexibility index (Phi) is 3.41. The van der Waals surface area contributed by atoms with Crippen LogP contribution in [0.15, 0.2) is 0 Å². The summed E-state index contributed by atoms with van der Waals surface area (Å²) < 4.78 is 5.22. The summed E-state index contributed by atoms with van der Waals surface area (Å²) in [7, 11) is 0. The van der Waals surface area contributed by atoms with Gasteiger partial charge in [0.2, 0.25) is 0 Å². The van der Waals surface area contributed by atoms with Crippen LogP contribution in [0.4, 0.5) is 0 Å². The predicted molar refractivity (Wildman–Crippen MR) is 45.3 cm³/mol. The molecule has 62 valence electrons. The van der Waals surface area contributed by atoms with E-state index in [1.807, 2.05) is 0 Å². The van der Waals surface area contributed by atoms with Crippen LogP contribution < -0.4 is 5.32 Å². The van der Waals surface area contributed by atoms with Gasteiger partial charge in [-0.1, -0.05) is 0 Å². The molecule has 0 saturated carbocycles. The molecule has 2 unspecified atom stereocenters. The van der Waals surface area contributed by atoms with E-state index in [4.69, 9.17) is 11.2 Å². The fraction of sp³-hybridized carbons (Fsp3) is 0.778. The van der Waals surface area contributed by atoms with Crippen LogP contribution in [0.2, 0.25) is 0 Å². The van der Waals surface area contributed by atoms with E-state index in [0.717, 1.165) is 26.1 Å². The van der Waals surface area contributed by atoms with Gasteiger partial charge in [-0.05, 0) is 13.3 Å². The number of nitrogens with one attached hydrogen (secondary N) is 1. The Balaban J connectivity index is 2.14. The minimum Gasteiger partial charge on any atom is -0.380 e. The molecule has 2 atom stereocenters. The SMILES string of the molecule is C#CCC(C)NC1CCOC1. The van der Waals surface area contributed by atoms with E-state index in [9.17, 15) is 0 Å². The van der Waals surface area contributed by atoms with Crippen LogP contribution in [0.25, 0.3) is 0 Å². The van der Waals surface area contributed by atoms with E-state index >= 15 is 0 Å². The Labute approximate surface area is 68.3 Å². The topological polar surface area (TPSA) is 21.3 Å². The lowest BCUT2D eigenvalue weighted by atomic mass is 10.2. The van der Waals surface area contributed by atoms with Gasteiger partial charge in [0.25, 0.3) is 0 Å². The Bertz CT molecular complexity index is 144. The van der Waals surface area contributed by atoms with Gasteiger partial charge in [0.05, 0.1) is 6.61 Å². The quantitative estimate of drug-likeness (QED) is 0.605. The average Bonchev–Trinajstić information content (AvgIpc) is 2.40. The van der Waals surface area contributed by atoms with Crippen molar-refractivity contribution in [1.29, 1.82) is 0 Å². The third kappa shape index (κ3) is 2.92. The molecule has 0 aromatic rings. The molecule has 2 heteroatoms. The summed E-state index contributed by atoms with van der Waals surface area (Å²) in [4.78, 5) is 0. The molecule has 0 aliphatic carbocycles. The summed E-state index contributed by atoms with van der Waals surface area (Å²) in [6, 6.07) is 0.949. The number of rotatable bonds is 3. The van der Waals surface area contributed by atoms with Crippen molar-refractivity contribution in [3.05, 3.63) is 0 Å². The highest BCUT2D eigenvalue weighted by atomic mass is 16.5. The Morgan fingerprint density at radius 3 is 3.18 bits per heavy atom. The van der Waals surface area contributed by atoms with Gasteiger partial charge < -0.3 is 10.1 Å². The maximum Gasteiger partial charge on any atom is 0.0620 e. The molecule has 1 heterocycles. The van der Waals surface area contributed by atoms with Crippen molar-refractivity contribution < 1.29 is 4.74 Å². The molecule has 1 fully saturated rings. The first-order valence-electron chi connectivity index (χ1n) is 4.10. The summed E-state index contributed by atoms with van der Waals surface area (Å²) in [6.45, 7) is 3.84. The van der Waals surface area contributed by atoms with Crippen molar-refractivity contribution in [2.75, 3.05) is 13.2 Å². The Morgan fingerprint density at radius 1 is 1.82 bits per heavy atom. The highest BCUT2D eigenvalue weighted by Gasteiger charge is 2.16. The van der Waals surface area contributed by atoms with Gasteiger partial charge in [-0.3, -0.25) is 0 Å². The van der Waals surface area contributed by atoms with Gasteiger partial charge in [-0.2, -0.15) is 0 Å². The third-order valence-electron chi connectivity index (χ3n) is 1.87. The molecule has 0 spiro atoms. The molecule has 1 aliphatic heterocycles. The van der Waals surface area contributed by atoms with Crippen LogP contribution in [0, 0.1) is 12.3 Å². The molecule has 1 saturated heterocycles. The zero-order valence-electron chi connectivity index (χ0n) is 6.97. The lowest BCUT2D eigenvalue weighted by molar-refractivity contribution is 0.188. The van der Waals surface area contributed by atoms with Gasteiger partial charge in [0.1, 0.15) is 0 Å². The van der Waals surface area contributed by atoms with Crippen LogP contribution in [-0.2, 0) is 4.74 Å². The van der Waals surface area contributed by atoms with Crippen LogP contribution >= 0.6 is 0 Å². The minimum absolute atomic E-state index is 0.423. The molecule has 0 amide bonds. The zero-order chi connectivity index (χ0) is 8.10. The first-order valence-corrected chi connectivity index (χ1v) is 4.10. The first kappa shape index (κ1) is 8.58. The van der Waals surface area contributed by atoms with Crippen LogP contribution in [0.3, 0.4) is 0 Å². The van der Waals surface area contributed by atoms with Gasteiger partial charge in [0.15, 0.2) is 0 Å². The molecule has 2 nitrogen and oxygen atoms in total. The highest BCUT2D eigenvalue weighted by molar-refractivity contribution is 4.89. The van der Waals surface area contributed by atoms with Crippen LogP contribution in [-0.4, -0.2) is 25.3 Å². The molecule has 11 heavy (non-hydrogen) atoms. The zero-order valence-corrected chi connectivity index (χ0v) is 6.97. The maximum atomic E-state index is 5.22. The normalized spacial score (nSPS) is 26.4. The molecule has 1 aliphatic rings. The molecular formula is C9H15NO. The van der Waals surface area contributed by atoms with Crippen molar-refractivity contribution in [2.45, 2.75) is 31.8 Å². The van der Waals surface area contributed by atoms with Gasteiger partial charge in [0, 0.05) is 25.1 Å². The average molecular weight is 153 g/mol. The smallest absolute Gasteiger partial charge is 0.0620 e. The second kappa shape index (κ2) is 4.38. The molecule has 1 N–H and O–H groups in total. The van der Waals surface area contributed by atoms with Crippen molar-refractivity contribution >= 4 is 0 Å². The maximum absolute atomic E-state index is 5.22. The molecule has 0 aromatic heterocycles. The predicted octanol–water partition coefficient (Wildman–Crippen LogP) is 0.777. The summed E-state index contributed by atoms with van der Waals surface area (Å²) in [5.74, 6) is 2.64. The van der Waals surface area contributed by atoms with Crippen molar-refractivity contribution in [1.82, 2.24) is 5.32 Å².